The van der Waals surface area contributed by atoms with Crippen molar-refractivity contribution >= 4 is 29.0 Å². The molecule has 0 saturated heterocycles. The van der Waals surface area contributed by atoms with Gasteiger partial charge in [-0.1, -0.05) is 18.2 Å². The molecule has 1 heterocycles. The van der Waals surface area contributed by atoms with Gasteiger partial charge in [-0.15, -0.1) is 11.3 Å². The summed E-state index contributed by atoms with van der Waals surface area (Å²) in [7, 11) is 0. The van der Waals surface area contributed by atoms with Gasteiger partial charge in [0, 0.05) is 11.0 Å². The molecule has 2 rings (SSSR count). The highest BCUT2D eigenvalue weighted by Gasteiger charge is 2.02. The molecule has 1 N–H and O–H groups in total. The van der Waals surface area contributed by atoms with Crippen LogP contribution in [0.25, 0.3) is 6.08 Å². The third kappa shape index (κ3) is 3.26. The number of nitrogens with one attached hydrogen (secondary N) is 1. The van der Waals surface area contributed by atoms with Crippen LogP contribution in [0.3, 0.4) is 0 Å². The maximum absolute atomic E-state index is 13.2. The Kier molecular flexibility index (Phi) is 3.67. The SMILES string of the molecule is O=C(C=Cc1cccs1)Nc1ccccc1F. The van der Waals surface area contributed by atoms with Crippen LogP contribution >= 0.6 is 11.3 Å². The van der Waals surface area contributed by atoms with Gasteiger partial charge in [0.05, 0.1) is 5.69 Å². The minimum Gasteiger partial charge on any atom is -0.320 e. The number of anilines is 1. The molecule has 0 aliphatic heterocycles. The van der Waals surface area contributed by atoms with Crippen molar-refractivity contribution in [1.29, 1.82) is 0 Å². The van der Waals surface area contributed by atoms with Crippen LogP contribution in [-0.4, -0.2) is 5.91 Å². The van der Waals surface area contributed by atoms with Crippen LogP contribution in [0.1, 0.15) is 4.88 Å². The topological polar surface area (TPSA) is 29.1 Å². The number of rotatable bonds is 3. The Bertz CT molecular complexity index is 534. The van der Waals surface area contributed by atoms with Gasteiger partial charge in [-0.05, 0) is 29.7 Å². The lowest BCUT2D eigenvalue weighted by molar-refractivity contribution is -0.111. The number of carbonyl (C=O) groups excluding carboxylic acids is 1. The lowest BCUT2D eigenvalue weighted by atomic mass is 10.3. The quantitative estimate of drug-likeness (QED) is 0.826. The first-order valence-corrected chi connectivity index (χ1v) is 5.91. The van der Waals surface area contributed by atoms with Crippen molar-refractivity contribution in [2.45, 2.75) is 0 Å². The predicted molar refractivity (Wildman–Crippen MR) is 68.4 cm³/mol. The number of benzene rings is 1. The normalized spacial score (nSPS) is 10.6. The Balaban J connectivity index is 2.01. The molecule has 0 bridgehead atoms. The van der Waals surface area contributed by atoms with Gasteiger partial charge < -0.3 is 5.32 Å². The molecule has 0 atom stereocenters. The molecule has 0 aliphatic carbocycles. The standard InChI is InChI=1S/C13H10FNOS/c14-11-5-1-2-6-12(11)15-13(16)8-7-10-4-3-9-17-10/h1-9H,(H,15,16). The van der Waals surface area contributed by atoms with Crippen LogP contribution in [0.4, 0.5) is 10.1 Å². The molecule has 1 aromatic carbocycles. The van der Waals surface area contributed by atoms with Gasteiger partial charge >= 0.3 is 0 Å². The van der Waals surface area contributed by atoms with E-state index in [4.69, 9.17) is 0 Å². The smallest absolute Gasteiger partial charge is 0.248 e. The first-order valence-electron chi connectivity index (χ1n) is 5.03. The molecule has 4 heteroatoms. The van der Waals surface area contributed by atoms with Gasteiger partial charge in [-0.2, -0.15) is 0 Å². The second kappa shape index (κ2) is 5.41. The fourth-order valence-electron chi connectivity index (χ4n) is 1.28. The fourth-order valence-corrected chi connectivity index (χ4v) is 1.90. The van der Waals surface area contributed by atoms with Gasteiger partial charge in [-0.3, -0.25) is 4.79 Å². The summed E-state index contributed by atoms with van der Waals surface area (Å²) >= 11 is 1.53. The molecule has 1 aromatic heterocycles. The summed E-state index contributed by atoms with van der Waals surface area (Å²) in [5, 5.41) is 4.40. The van der Waals surface area contributed by atoms with Crippen molar-refractivity contribution in [1.82, 2.24) is 0 Å². The van der Waals surface area contributed by atoms with Crippen molar-refractivity contribution in [3.8, 4) is 0 Å². The van der Waals surface area contributed by atoms with Gasteiger partial charge in [-0.25, -0.2) is 4.39 Å². The number of thiophene rings is 1. The number of halogens is 1. The molecule has 86 valence electrons. The molecular weight excluding hydrogens is 237 g/mol. The highest BCUT2D eigenvalue weighted by Crippen LogP contribution is 2.13. The van der Waals surface area contributed by atoms with E-state index in [1.165, 1.54) is 29.5 Å². The maximum Gasteiger partial charge on any atom is 0.248 e. The van der Waals surface area contributed by atoms with Crippen molar-refractivity contribution in [2.24, 2.45) is 0 Å². The van der Waals surface area contributed by atoms with Crippen LogP contribution in [0.5, 0.6) is 0 Å². The van der Waals surface area contributed by atoms with Gasteiger partial charge in [0.1, 0.15) is 5.82 Å². The van der Waals surface area contributed by atoms with Crippen LogP contribution in [-0.2, 0) is 4.79 Å². The summed E-state index contributed by atoms with van der Waals surface area (Å²) in [4.78, 5) is 12.5. The average Bonchev–Trinajstić information content (AvgIpc) is 2.82. The van der Waals surface area contributed by atoms with E-state index in [-0.39, 0.29) is 11.6 Å². The Labute approximate surface area is 102 Å². The lowest BCUT2D eigenvalue weighted by Gasteiger charge is -2.02. The van der Waals surface area contributed by atoms with E-state index in [0.29, 0.717) is 0 Å². The summed E-state index contributed by atoms with van der Waals surface area (Å²) in [6, 6.07) is 9.87. The summed E-state index contributed by atoms with van der Waals surface area (Å²) in [5.74, 6) is -0.783. The fraction of sp³-hybridized carbons (Fsp3) is 0. The number of carbonyl (C=O) groups is 1. The summed E-state index contributed by atoms with van der Waals surface area (Å²) in [6.07, 6.45) is 3.08. The molecule has 0 saturated carbocycles. The summed E-state index contributed by atoms with van der Waals surface area (Å²) in [6.45, 7) is 0. The van der Waals surface area contributed by atoms with Gasteiger partial charge in [0.2, 0.25) is 5.91 Å². The van der Waals surface area contributed by atoms with E-state index in [1.54, 1.807) is 18.2 Å². The predicted octanol–water partition coefficient (Wildman–Crippen LogP) is 3.54. The van der Waals surface area contributed by atoms with E-state index >= 15 is 0 Å². The van der Waals surface area contributed by atoms with E-state index in [1.807, 2.05) is 17.5 Å². The Morgan fingerprint density at radius 2 is 2.06 bits per heavy atom. The van der Waals surface area contributed by atoms with E-state index in [0.717, 1.165) is 4.88 Å². The average molecular weight is 247 g/mol. The van der Waals surface area contributed by atoms with Crippen molar-refractivity contribution in [3.05, 3.63) is 58.5 Å². The molecule has 1 amide bonds. The van der Waals surface area contributed by atoms with Gasteiger partial charge in [0.15, 0.2) is 0 Å². The maximum atomic E-state index is 13.2. The highest BCUT2D eigenvalue weighted by molar-refractivity contribution is 7.10. The Morgan fingerprint density at radius 1 is 1.24 bits per heavy atom. The molecule has 0 unspecified atom stereocenters. The number of para-hydroxylation sites is 1. The van der Waals surface area contributed by atoms with Crippen molar-refractivity contribution in [3.63, 3.8) is 0 Å². The molecule has 17 heavy (non-hydrogen) atoms. The zero-order valence-corrected chi connectivity index (χ0v) is 9.71. The third-order valence-electron chi connectivity index (χ3n) is 2.07. The van der Waals surface area contributed by atoms with Crippen LogP contribution < -0.4 is 5.32 Å². The first kappa shape index (κ1) is 11.5. The van der Waals surface area contributed by atoms with E-state index in [2.05, 4.69) is 5.32 Å². The zero-order valence-electron chi connectivity index (χ0n) is 8.89. The molecule has 0 spiro atoms. The van der Waals surface area contributed by atoms with Crippen molar-refractivity contribution in [2.75, 3.05) is 5.32 Å². The van der Waals surface area contributed by atoms with E-state index < -0.39 is 5.82 Å². The van der Waals surface area contributed by atoms with Crippen LogP contribution in [0.2, 0.25) is 0 Å². The zero-order chi connectivity index (χ0) is 12.1. The second-order valence-electron chi connectivity index (χ2n) is 3.32. The Hall–Kier alpha value is -1.94. The number of hydrogen-bond donors (Lipinski definition) is 1. The third-order valence-corrected chi connectivity index (χ3v) is 2.91. The second-order valence-corrected chi connectivity index (χ2v) is 4.30. The number of hydrogen-bond acceptors (Lipinski definition) is 2. The monoisotopic (exact) mass is 247 g/mol. The lowest BCUT2D eigenvalue weighted by Crippen LogP contribution is -2.08. The largest absolute Gasteiger partial charge is 0.320 e. The number of amides is 1. The minimum atomic E-state index is -0.439. The van der Waals surface area contributed by atoms with E-state index in [9.17, 15) is 9.18 Å². The summed E-state index contributed by atoms with van der Waals surface area (Å²) in [5.41, 5.74) is 0.188. The van der Waals surface area contributed by atoms with Crippen LogP contribution in [0.15, 0.2) is 47.9 Å². The molecule has 0 fully saturated rings. The van der Waals surface area contributed by atoms with Crippen molar-refractivity contribution < 1.29 is 9.18 Å². The van der Waals surface area contributed by atoms with Crippen LogP contribution in [0, 0.1) is 5.82 Å². The first-order chi connectivity index (χ1) is 8.25. The van der Waals surface area contributed by atoms with Gasteiger partial charge in [0.25, 0.3) is 0 Å². The molecular formula is C13H10FNOS. The molecule has 2 nitrogen and oxygen atoms in total. The highest BCUT2D eigenvalue weighted by atomic mass is 32.1. The Morgan fingerprint density at radius 3 is 2.76 bits per heavy atom. The molecule has 0 radical (unpaired) electrons. The summed E-state index contributed by atoms with van der Waals surface area (Å²) < 4.78 is 13.2. The molecule has 0 aliphatic rings. The minimum absolute atomic E-state index is 0.188. The molecule has 2 aromatic rings.